The molecule has 2 aliphatic heterocycles. The molecule has 136 valence electrons. The molecule has 2 aliphatic rings. The molecule has 2 amide bonds. The first-order chi connectivity index (χ1) is 12.0. The fourth-order valence-electron chi connectivity index (χ4n) is 3.88. The molecule has 5 nitrogen and oxygen atoms in total. The summed E-state index contributed by atoms with van der Waals surface area (Å²) >= 11 is 0. The van der Waals surface area contributed by atoms with Crippen LogP contribution in [0.1, 0.15) is 37.7 Å². The first kappa shape index (κ1) is 17.9. The molecule has 0 bridgehead atoms. The van der Waals surface area contributed by atoms with Crippen LogP contribution in [0.5, 0.6) is 0 Å². The summed E-state index contributed by atoms with van der Waals surface area (Å²) < 4.78 is 13.1. The molecule has 2 heterocycles. The number of hydrogen-bond acceptors (Lipinski definition) is 3. The van der Waals surface area contributed by atoms with E-state index in [4.69, 9.17) is 0 Å². The normalized spacial score (nSPS) is 24.3. The zero-order chi connectivity index (χ0) is 17.8. The van der Waals surface area contributed by atoms with Gasteiger partial charge in [-0.15, -0.1) is 0 Å². The van der Waals surface area contributed by atoms with E-state index in [2.05, 4.69) is 10.2 Å². The molecule has 1 N–H and O–H groups in total. The Morgan fingerprint density at radius 1 is 1.16 bits per heavy atom. The minimum Gasteiger partial charge on any atom is -0.352 e. The average molecular weight is 347 g/mol. The van der Waals surface area contributed by atoms with Crippen LogP contribution in [0, 0.1) is 5.82 Å². The number of nitrogens with one attached hydrogen (secondary N) is 1. The lowest BCUT2D eigenvalue weighted by Crippen LogP contribution is -2.51. The van der Waals surface area contributed by atoms with Crippen LogP contribution in [-0.4, -0.2) is 60.4 Å². The molecule has 0 saturated carbocycles. The summed E-state index contributed by atoms with van der Waals surface area (Å²) in [5.41, 5.74) is 1.14. The minimum absolute atomic E-state index is 0.0408. The van der Waals surface area contributed by atoms with E-state index in [1.54, 1.807) is 0 Å². The van der Waals surface area contributed by atoms with Gasteiger partial charge in [0.25, 0.3) is 0 Å². The Hall–Kier alpha value is -1.95. The van der Waals surface area contributed by atoms with Crippen LogP contribution in [0.15, 0.2) is 24.3 Å². The smallest absolute Gasteiger partial charge is 0.236 e. The molecule has 0 aromatic heterocycles. The molecule has 1 aromatic rings. The Morgan fingerprint density at radius 3 is 2.64 bits per heavy atom. The maximum Gasteiger partial charge on any atom is 0.236 e. The third-order valence-corrected chi connectivity index (χ3v) is 5.15. The van der Waals surface area contributed by atoms with Crippen molar-refractivity contribution in [1.29, 1.82) is 0 Å². The van der Waals surface area contributed by atoms with E-state index < -0.39 is 0 Å². The highest BCUT2D eigenvalue weighted by molar-refractivity contribution is 5.79. The van der Waals surface area contributed by atoms with Gasteiger partial charge in [-0.3, -0.25) is 14.5 Å². The Labute approximate surface area is 148 Å². The number of amides is 2. The minimum atomic E-state index is -0.215. The van der Waals surface area contributed by atoms with E-state index in [0.29, 0.717) is 19.0 Å². The van der Waals surface area contributed by atoms with E-state index in [0.717, 1.165) is 44.5 Å². The quantitative estimate of drug-likeness (QED) is 0.903. The van der Waals surface area contributed by atoms with Crippen molar-refractivity contribution in [3.05, 3.63) is 35.6 Å². The molecule has 2 atom stereocenters. The van der Waals surface area contributed by atoms with E-state index in [1.165, 1.54) is 19.1 Å². The summed E-state index contributed by atoms with van der Waals surface area (Å²) in [7, 11) is 0. The van der Waals surface area contributed by atoms with Gasteiger partial charge in [-0.2, -0.15) is 0 Å². The van der Waals surface area contributed by atoms with Crippen LogP contribution >= 0.6 is 0 Å². The number of hydrogen-bond donors (Lipinski definition) is 1. The Kier molecular flexibility index (Phi) is 5.68. The van der Waals surface area contributed by atoms with Crippen molar-refractivity contribution in [2.24, 2.45) is 0 Å². The molecule has 3 rings (SSSR count). The highest BCUT2D eigenvalue weighted by Gasteiger charge is 2.29. The van der Waals surface area contributed by atoms with Crippen LogP contribution < -0.4 is 5.32 Å². The first-order valence-corrected chi connectivity index (χ1v) is 9.04. The zero-order valence-corrected chi connectivity index (χ0v) is 14.7. The van der Waals surface area contributed by atoms with Gasteiger partial charge >= 0.3 is 0 Å². The average Bonchev–Trinajstić information content (AvgIpc) is 3.03. The second-order valence-electron chi connectivity index (χ2n) is 7.15. The molecule has 2 saturated heterocycles. The lowest BCUT2D eigenvalue weighted by atomic mass is 9.99. The maximum atomic E-state index is 13.1. The van der Waals surface area contributed by atoms with Gasteiger partial charge in [-0.1, -0.05) is 12.1 Å². The lowest BCUT2D eigenvalue weighted by Gasteiger charge is -2.34. The number of halogens is 1. The summed E-state index contributed by atoms with van der Waals surface area (Å²) in [6.07, 6.45) is 2.85. The largest absolute Gasteiger partial charge is 0.352 e. The van der Waals surface area contributed by atoms with Crippen LogP contribution in [0.2, 0.25) is 0 Å². The Bertz CT molecular complexity index is 620. The summed E-state index contributed by atoms with van der Waals surface area (Å²) in [5, 5.41) is 2.92. The highest BCUT2D eigenvalue weighted by Crippen LogP contribution is 2.27. The number of rotatable bonds is 4. The van der Waals surface area contributed by atoms with Crippen molar-refractivity contribution in [2.75, 3.05) is 32.7 Å². The van der Waals surface area contributed by atoms with Crippen molar-refractivity contribution in [3.8, 4) is 0 Å². The Balaban J connectivity index is 1.50. The predicted octanol–water partition coefficient (Wildman–Crippen LogP) is 1.74. The molecule has 0 spiro atoms. The molecule has 1 aromatic carbocycles. The van der Waals surface area contributed by atoms with Crippen LogP contribution in [0.4, 0.5) is 4.39 Å². The molecule has 0 aliphatic carbocycles. The molecule has 2 fully saturated rings. The van der Waals surface area contributed by atoms with Crippen molar-refractivity contribution in [1.82, 2.24) is 15.1 Å². The van der Waals surface area contributed by atoms with Crippen LogP contribution in [-0.2, 0) is 9.59 Å². The van der Waals surface area contributed by atoms with Gasteiger partial charge in [-0.25, -0.2) is 4.39 Å². The second kappa shape index (κ2) is 7.95. The van der Waals surface area contributed by atoms with E-state index in [9.17, 15) is 14.0 Å². The summed E-state index contributed by atoms with van der Waals surface area (Å²) in [5.74, 6) is 0.241. The third-order valence-electron chi connectivity index (χ3n) is 5.15. The number of nitrogens with zero attached hydrogens (tertiary/aromatic N) is 2. The summed E-state index contributed by atoms with van der Waals surface area (Å²) in [6.45, 7) is 5.03. The maximum absolute atomic E-state index is 13.1. The van der Waals surface area contributed by atoms with Gasteiger partial charge in [0, 0.05) is 32.6 Å². The Morgan fingerprint density at radius 2 is 1.92 bits per heavy atom. The summed E-state index contributed by atoms with van der Waals surface area (Å²) in [4.78, 5) is 27.9. The number of carbonyl (C=O) groups excluding carboxylic acids is 2. The number of piperidine rings is 1. The third kappa shape index (κ3) is 4.78. The zero-order valence-electron chi connectivity index (χ0n) is 14.7. The van der Waals surface area contributed by atoms with Crippen LogP contribution in [0.3, 0.4) is 0 Å². The molecule has 25 heavy (non-hydrogen) atoms. The van der Waals surface area contributed by atoms with Gasteiger partial charge in [0.1, 0.15) is 5.82 Å². The fraction of sp³-hybridized carbons (Fsp3) is 0.579. The molecule has 0 unspecified atom stereocenters. The molecule has 0 radical (unpaired) electrons. The number of likely N-dealkylation sites (tertiary alicyclic amines) is 2. The molecular weight excluding hydrogens is 321 g/mol. The van der Waals surface area contributed by atoms with Gasteiger partial charge < -0.3 is 10.2 Å². The van der Waals surface area contributed by atoms with Crippen LogP contribution in [0.25, 0.3) is 0 Å². The van der Waals surface area contributed by atoms with Gasteiger partial charge in [0.15, 0.2) is 0 Å². The van der Waals surface area contributed by atoms with Crippen molar-refractivity contribution in [2.45, 2.75) is 38.1 Å². The molecular formula is C19H26FN3O2. The van der Waals surface area contributed by atoms with E-state index >= 15 is 0 Å². The lowest BCUT2D eigenvalue weighted by molar-refractivity contribution is -0.134. The summed E-state index contributed by atoms with van der Waals surface area (Å²) in [6, 6.07) is 6.75. The SMILES string of the molecule is CC(=O)N[C@H]1CCCN(C(=O)CN2CC[C@H](c3ccc(F)cc3)C2)C1. The van der Waals surface area contributed by atoms with E-state index in [1.807, 2.05) is 17.0 Å². The topological polar surface area (TPSA) is 52.7 Å². The van der Waals surface area contributed by atoms with Crippen molar-refractivity contribution < 1.29 is 14.0 Å². The predicted molar refractivity (Wildman–Crippen MR) is 93.6 cm³/mol. The monoisotopic (exact) mass is 347 g/mol. The molecule has 6 heteroatoms. The fourth-order valence-corrected chi connectivity index (χ4v) is 3.88. The standard InChI is InChI=1S/C19H26FN3O2/c1-14(24)21-18-3-2-9-23(12-18)19(25)13-22-10-8-16(11-22)15-4-6-17(20)7-5-15/h4-7,16,18H,2-3,8-13H2,1H3,(H,21,24)/t16-,18-/m0/s1. The highest BCUT2D eigenvalue weighted by atomic mass is 19.1. The number of carbonyl (C=O) groups is 2. The van der Waals surface area contributed by atoms with Gasteiger partial charge in [0.05, 0.1) is 6.54 Å². The van der Waals surface area contributed by atoms with Gasteiger partial charge in [-0.05, 0) is 49.4 Å². The van der Waals surface area contributed by atoms with E-state index in [-0.39, 0.29) is 23.7 Å². The number of benzene rings is 1. The first-order valence-electron chi connectivity index (χ1n) is 9.04. The van der Waals surface area contributed by atoms with Crippen molar-refractivity contribution in [3.63, 3.8) is 0 Å². The second-order valence-corrected chi connectivity index (χ2v) is 7.15. The van der Waals surface area contributed by atoms with Gasteiger partial charge in [0.2, 0.25) is 11.8 Å². The van der Waals surface area contributed by atoms with Crippen molar-refractivity contribution >= 4 is 11.8 Å².